The van der Waals surface area contributed by atoms with E-state index in [2.05, 4.69) is 125 Å². The number of aliphatic hydroxyl groups is 1. The van der Waals surface area contributed by atoms with Gasteiger partial charge in [-0.2, -0.15) is 36.2 Å². The van der Waals surface area contributed by atoms with Crippen molar-refractivity contribution in [1.82, 2.24) is 111 Å². The Bertz CT molecular complexity index is 5910. The number of aromatic amines is 2. The maximum Gasteiger partial charge on any atom is 0.327 e. The van der Waals surface area contributed by atoms with E-state index in [1.165, 1.54) is 38.8 Å². The Labute approximate surface area is 867 Å². The van der Waals surface area contributed by atoms with E-state index >= 15 is 57.5 Å². The highest BCUT2D eigenvalue weighted by Crippen LogP contribution is 2.31. The number of aliphatic carboxylic acids is 2. The van der Waals surface area contributed by atoms with Crippen molar-refractivity contribution < 1.29 is 121 Å². The predicted molar refractivity (Wildman–Crippen MR) is 544 cm³/mol. The van der Waals surface area contributed by atoms with E-state index in [1.807, 2.05) is 0 Å². The number of nitrogens with two attached hydrogens (primary N) is 3. The first-order valence-electron chi connectivity index (χ1n) is 47.7. The molecule has 5 fully saturated rings. The largest absolute Gasteiger partial charge is 0.481 e. The Morgan fingerprint density at radius 3 is 1.70 bits per heavy atom. The molecular formula is C95H126N24O25S4. The number of amides is 20. The summed E-state index contributed by atoms with van der Waals surface area (Å²) in [5.41, 5.74) is 13.5. The molecule has 29 N–H and O–H groups in total. The van der Waals surface area contributed by atoms with E-state index in [4.69, 9.17) is 17.2 Å². The molecule has 5 saturated heterocycles. The number of hydrogen-bond acceptors (Lipinski definition) is 29. The zero-order valence-electron chi connectivity index (χ0n) is 82.0. The van der Waals surface area contributed by atoms with Gasteiger partial charge >= 0.3 is 11.9 Å². The lowest BCUT2D eigenvalue weighted by Crippen LogP contribution is -2.68. The molecule has 5 aliphatic heterocycles. The van der Waals surface area contributed by atoms with Crippen molar-refractivity contribution in [2.24, 2.45) is 29.0 Å². The number of benzene rings is 3. The highest BCUT2D eigenvalue weighted by Gasteiger charge is 2.52. The molecular weight excluding hydrogens is 2010 g/mol. The number of carbonyl (C=O) groups excluding carboxylic acids is 20. The minimum Gasteiger partial charge on any atom is -0.481 e. The maximum atomic E-state index is 16.9. The number of rotatable bonds is 26. The molecule has 0 bridgehead atoms. The molecule has 3 aromatic carbocycles. The van der Waals surface area contributed by atoms with Crippen molar-refractivity contribution in [3.63, 3.8) is 0 Å². The van der Waals surface area contributed by atoms with Crippen molar-refractivity contribution in [1.29, 1.82) is 0 Å². The number of nitrogens with one attached hydrogen (secondary N) is 20. The van der Waals surface area contributed by atoms with Crippen LogP contribution in [0.4, 0.5) is 0 Å². The highest BCUT2D eigenvalue weighted by atomic mass is 32.2. The van der Waals surface area contributed by atoms with E-state index < -0.39 is 347 Å². The van der Waals surface area contributed by atoms with Gasteiger partial charge in [-0.25, -0.2) is 4.79 Å². The van der Waals surface area contributed by atoms with Gasteiger partial charge in [-0.05, 0) is 80.7 Å². The smallest absolute Gasteiger partial charge is 0.327 e. The molecule has 800 valence electrons. The van der Waals surface area contributed by atoms with E-state index in [-0.39, 0.29) is 37.9 Å². The number of primary amides is 2. The molecule has 49 nitrogen and oxygen atoms in total. The van der Waals surface area contributed by atoms with Crippen molar-refractivity contribution >= 4 is 200 Å². The summed E-state index contributed by atoms with van der Waals surface area (Å²) in [6, 6.07) is -6.91. The van der Waals surface area contributed by atoms with Crippen LogP contribution in [0.2, 0.25) is 0 Å². The Morgan fingerprint density at radius 2 is 1.12 bits per heavy atom. The number of para-hydroxylation sites is 2. The van der Waals surface area contributed by atoms with Gasteiger partial charge in [-0.15, -0.1) is 11.8 Å². The minimum atomic E-state index is -2.94. The number of fused-ring (bicyclic) bond motifs is 3. The zero-order valence-corrected chi connectivity index (χ0v) is 85.4. The number of aromatic nitrogens is 2. The third kappa shape index (κ3) is 30.9. The first-order chi connectivity index (χ1) is 70.1. The van der Waals surface area contributed by atoms with E-state index in [1.54, 1.807) is 98.9 Å². The van der Waals surface area contributed by atoms with Gasteiger partial charge in [-0.3, -0.25) is 101 Å². The van der Waals surface area contributed by atoms with Crippen molar-refractivity contribution in [3.8, 4) is 0 Å². The SMILES string of the molecule is C=C1N[C@H](C(=O)N[C@H](CS)C(=O)N[C@H]2C[C@]3(CSC[C@@H](C(=O)N[C@@H](CSCC(N)=O)C(=O)O)NC(=O)/C(=C/C)NC(=O)[C@H](Cc4ccccc4)NC(=O)[C@@H]4CCCN4C(=O)[C@H](C(C)C)NC(=O)[C@H](Cc4c[nH]c5ccccc45)NC3=O)NC(=O)CNC(=O)[C@H]([C@@H](C)O)NC2=O)CSC[C@]2(C[C@H](N)C(=O)N[C@@H](CC(N)=O)C(=O)N[C@@H](C)C(=O)N2)C(=O)N[C@@H](C(C)C)C(=O)N[C@@H](Cc2c[nH]c3ccccc23)C(=O)N[C@H]1CCC(=O)O. The summed E-state index contributed by atoms with van der Waals surface area (Å²) < 4.78 is 0. The summed E-state index contributed by atoms with van der Waals surface area (Å²) in [5, 5.41) is 79.5. The zero-order chi connectivity index (χ0) is 108. The van der Waals surface area contributed by atoms with Crippen LogP contribution < -0.4 is 113 Å². The van der Waals surface area contributed by atoms with E-state index in [9.17, 15) is 63.3 Å². The Kier molecular flexibility index (Phi) is 41.3. The number of H-pyrrole nitrogens is 2. The normalized spacial score (nSPS) is 26.7. The van der Waals surface area contributed by atoms with E-state index in [0.29, 0.717) is 73.8 Å². The molecule has 148 heavy (non-hydrogen) atoms. The fourth-order valence-corrected chi connectivity index (χ4v) is 20.8. The molecule has 2 aromatic heterocycles. The van der Waals surface area contributed by atoms with Crippen molar-refractivity contribution in [3.05, 3.63) is 132 Å². The van der Waals surface area contributed by atoms with Gasteiger partial charge in [0.15, 0.2) is 0 Å². The monoisotopic (exact) mass is 2130 g/mol. The number of carboxylic acids is 2. The lowest BCUT2D eigenvalue weighted by atomic mass is 9.89. The van der Waals surface area contributed by atoms with Crippen LogP contribution in [-0.2, 0) is 125 Å². The molecule has 20 amide bonds. The van der Waals surface area contributed by atoms with Crippen LogP contribution in [-0.4, -0.2) is 327 Å². The molecule has 0 aliphatic carbocycles. The third-order valence-electron chi connectivity index (χ3n) is 25.3. The summed E-state index contributed by atoms with van der Waals surface area (Å²) >= 11 is 6.30. The van der Waals surface area contributed by atoms with Crippen LogP contribution in [0, 0.1) is 11.8 Å². The Balaban J connectivity index is 1.11. The lowest BCUT2D eigenvalue weighted by Gasteiger charge is -2.38. The molecule has 19 atom stereocenters. The van der Waals surface area contributed by atoms with E-state index in [0.717, 1.165) is 13.0 Å². The van der Waals surface area contributed by atoms with Crippen LogP contribution in [0.5, 0.6) is 0 Å². The van der Waals surface area contributed by atoms with Crippen LogP contribution >= 0.6 is 47.9 Å². The van der Waals surface area contributed by atoms with Crippen molar-refractivity contribution in [2.75, 3.05) is 53.4 Å². The molecule has 0 radical (unpaired) electrons. The Morgan fingerprint density at radius 1 is 0.581 bits per heavy atom. The topological polar surface area (TPSA) is 766 Å². The average molecular weight is 2130 g/mol. The van der Waals surface area contributed by atoms with Crippen molar-refractivity contribution in [2.45, 2.75) is 227 Å². The van der Waals surface area contributed by atoms with Gasteiger partial charge in [0.1, 0.15) is 101 Å². The standard InChI is InChI=1S/C95H126N24O25S4/c1-9-55-78(128)111-66(86(136)112-67(91(141)142)40-146-41-70(98)122)39-148-43-95(92(143)113-61(30-51-35-100-58-23-16-14-21-53(51)58)82(132)114-74(45(4)5)90(140)119-27-17-24-68(119)87(137)107-59(80(130)104-55)28-49-18-11-10-12-19-49)33-63(83(133)115-75(48(8)120)88(138)101-36-71(123)117-95)109-84(134)64(37-145)110-85(135)65-38-147-42-94(32-54(96)77(127)106-62(31-69(97)121)79(129)103-47(7)76(126)118-94)93(144)116-73(44(2)3)89(139)108-60(29-50-34-99-57-22-15-13-20-52(50)57)81(131)105-56(46(6)102-65)25-26-72(124)125/h9-16,18-23,34-35,44-45,47-48,54,56,59-68,73-75,99-100,102,120,145H,6,17,24-33,36-43,96H2,1-5,7-8H3,(H2,97,121)(H2,98,122)(H,101,138)(H,103,129)(H,104,130)(H,105,131)(H,106,127)(H,107,137)(H,108,139)(H,109,134)(H,110,135)(H,111,128)(H,112,136)(H,113,143)(H,114,132)(H,115,133)(H,116,144)(H,117,123)(H,118,126)(H,124,125)(H,141,142)/b55-9-/t47-,48+,54-,56-,59-,60-,61-,62-,63-,64+,65-,66-,67-,68-,73-,74-,75-,94+,95+/m0/s1. The van der Waals surface area contributed by atoms with Gasteiger partial charge < -0.3 is 143 Å². The van der Waals surface area contributed by atoms with Crippen LogP contribution in [0.3, 0.4) is 0 Å². The fraction of sp³-hybridized carbons (Fsp3) is 0.495. The predicted octanol–water partition coefficient (Wildman–Crippen LogP) is -6.40. The van der Waals surface area contributed by atoms with Crippen LogP contribution in [0.1, 0.15) is 110 Å². The number of nitrogens with zero attached hydrogens (tertiary/aromatic N) is 1. The summed E-state index contributed by atoms with van der Waals surface area (Å²) in [6.45, 7) is 12.7. The second kappa shape index (κ2) is 52.8. The van der Waals surface area contributed by atoms with Gasteiger partial charge in [0, 0.05) is 119 Å². The Hall–Kier alpha value is -14.3. The van der Waals surface area contributed by atoms with Gasteiger partial charge in [-0.1, -0.05) is 107 Å². The number of thioether (sulfide) groups is 3. The van der Waals surface area contributed by atoms with Gasteiger partial charge in [0.2, 0.25) is 112 Å². The third-order valence-corrected chi connectivity index (χ3v) is 29.3. The highest BCUT2D eigenvalue weighted by molar-refractivity contribution is 8.00. The molecule has 0 unspecified atom stereocenters. The molecule has 53 heteroatoms. The maximum absolute atomic E-state index is 16.9. The molecule has 0 saturated carbocycles. The molecule has 2 spiro atoms. The van der Waals surface area contributed by atoms with Gasteiger partial charge in [0.25, 0.3) is 5.91 Å². The number of thiol groups is 1. The number of aliphatic hydroxyl groups excluding tert-OH is 1. The molecule has 10 rings (SSSR count). The first-order valence-corrected chi connectivity index (χ1v) is 51.8. The molecule has 7 heterocycles. The van der Waals surface area contributed by atoms with Crippen LogP contribution in [0.25, 0.3) is 21.8 Å². The quantitative estimate of drug-likeness (QED) is 0.0181. The number of carbonyl (C=O) groups is 22. The summed E-state index contributed by atoms with van der Waals surface area (Å²) in [7, 11) is 0. The minimum absolute atomic E-state index is 0.0217. The summed E-state index contributed by atoms with van der Waals surface area (Å²) in [5.74, 6) is -33.0. The summed E-state index contributed by atoms with van der Waals surface area (Å²) in [4.78, 5) is 332. The van der Waals surface area contributed by atoms with Gasteiger partial charge in [0.05, 0.1) is 36.9 Å². The molecule has 5 aromatic rings. The second-order valence-corrected chi connectivity index (χ2v) is 40.8. The average Bonchev–Trinajstić information content (AvgIpc) is 0.919. The number of hydrogen-bond donors (Lipinski definition) is 27. The first kappa shape index (κ1) is 116. The second-order valence-electron chi connectivity index (χ2n) is 37.4. The summed E-state index contributed by atoms with van der Waals surface area (Å²) in [6.07, 6.45) is -2.75. The molecule has 5 aliphatic rings. The number of carboxylic acid groups (broad SMARTS) is 2. The lowest BCUT2D eigenvalue weighted by molar-refractivity contribution is -0.143. The fourth-order valence-electron chi connectivity index (χ4n) is 17.3. The van der Waals surface area contributed by atoms with Crippen LogP contribution in [0.15, 0.2) is 115 Å². The number of allylic oxidation sites excluding steroid dienone is 1.